The minimum absolute atomic E-state index is 0.0647. The number of piperidine rings is 1. The van der Waals surface area contributed by atoms with Gasteiger partial charge in [-0.05, 0) is 62.5 Å². The predicted octanol–water partition coefficient (Wildman–Crippen LogP) is 2.61. The van der Waals surface area contributed by atoms with Gasteiger partial charge in [0.25, 0.3) is 0 Å². The maximum atomic E-state index is 6.39. The number of nitrogens with one attached hydrogen (secondary N) is 2. The van der Waals surface area contributed by atoms with Crippen LogP contribution in [-0.2, 0) is 13.5 Å². The summed E-state index contributed by atoms with van der Waals surface area (Å²) in [6, 6.07) is 8.37. The van der Waals surface area contributed by atoms with Crippen molar-refractivity contribution in [1.82, 2.24) is 15.1 Å². The Morgan fingerprint density at radius 2 is 2.09 bits per heavy atom. The van der Waals surface area contributed by atoms with Crippen molar-refractivity contribution in [3.8, 4) is 5.75 Å². The maximum absolute atomic E-state index is 6.39. The van der Waals surface area contributed by atoms with Crippen LogP contribution in [0.25, 0.3) is 0 Å². The van der Waals surface area contributed by atoms with E-state index in [4.69, 9.17) is 4.74 Å². The van der Waals surface area contributed by atoms with Crippen molar-refractivity contribution in [1.29, 1.82) is 0 Å². The third-order valence-corrected chi connectivity index (χ3v) is 4.85. The van der Waals surface area contributed by atoms with E-state index in [1.54, 1.807) is 6.20 Å². The second-order valence-corrected chi connectivity index (χ2v) is 6.32. The van der Waals surface area contributed by atoms with Gasteiger partial charge in [-0.15, -0.1) is 0 Å². The Labute approximate surface area is 130 Å². The van der Waals surface area contributed by atoms with Gasteiger partial charge in [-0.25, -0.2) is 0 Å². The van der Waals surface area contributed by atoms with Crippen molar-refractivity contribution >= 4 is 11.5 Å². The molecule has 4 rings (SSSR count). The average molecular weight is 298 g/mol. The highest BCUT2D eigenvalue weighted by Crippen LogP contribution is 2.39. The molecule has 0 unspecified atom stereocenters. The van der Waals surface area contributed by atoms with Crippen molar-refractivity contribution in [2.45, 2.75) is 31.3 Å². The molecule has 22 heavy (non-hydrogen) atoms. The molecule has 0 bridgehead atoms. The van der Waals surface area contributed by atoms with Gasteiger partial charge < -0.3 is 15.4 Å². The first kappa shape index (κ1) is 13.6. The van der Waals surface area contributed by atoms with Gasteiger partial charge in [0.1, 0.15) is 17.2 Å². The van der Waals surface area contributed by atoms with E-state index in [0.717, 1.165) is 56.0 Å². The third kappa shape index (κ3) is 2.46. The van der Waals surface area contributed by atoms with E-state index in [9.17, 15) is 0 Å². The summed E-state index contributed by atoms with van der Waals surface area (Å²) in [5, 5.41) is 11.0. The van der Waals surface area contributed by atoms with Crippen LogP contribution in [0.15, 0.2) is 30.5 Å². The molecular weight excluding hydrogens is 276 g/mol. The Bertz CT molecular complexity index is 673. The molecule has 3 heterocycles. The lowest BCUT2D eigenvalue weighted by Gasteiger charge is -2.41. The lowest BCUT2D eigenvalue weighted by atomic mass is 9.83. The zero-order valence-corrected chi connectivity index (χ0v) is 12.9. The van der Waals surface area contributed by atoms with Crippen LogP contribution in [0.5, 0.6) is 5.75 Å². The zero-order valence-electron chi connectivity index (χ0n) is 12.9. The Morgan fingerprint density at radius 1 is 1.23 bits per heavy atom. The van der Waals surface area contributed by atoms with Gasteiger partial charge in [-0.2, -0.15) is 5.10 Å². The highest BCUT2D eigenvalue weighted by atomic mass is 16.5. The Hall–Kier alpha value is -2.01. The first-order chi connectivity index (χ1) is 10.7. The summed E-state index contributed by atoms with van der Waals surface area (Å²) in [4.78, 5) is 0. The molecule has 116 valence electrons. The van der Waals surface area contributed by atoms with E-state index in [1.165, 1.54) is 5.56 Å². The summed E-state index contributed by atoms with van der Waals surface area (Å²) in [6.45, 7) is 2.13. The highest BCUT2D eigenvalue weighted by Gasteiger charge is 2.37. The second kappa shape index (κ2) is 5.32. The monoisotopic (exact) mass is 298 g/mol. The van der Waals surface area contributed by atoms with Crippen molar-refractivity contribution in [3.63, 3.8) is 0 Å². The normalized spacial score (nSPS) is 19.5. The minimum Gasteiger partial charge on any atom is -0.487 e. The highest BCUT2D eigenvalue weighted by molar-refractivity contribution is 5.59. The first-order valence-electron chi connectivity index (χ1n) is 8.02. The largest absolute Gasteiger partial charge is 0.487 e. The molecule has 1 fully saturated rings. The molecule has 1 saturated heterocycles. The smallest absolute Gasteiger partial charge is 0.128 e. The number of hydrogen-bond acceptors (Lipinski definition) is 4. The third-order valence-electron chi connectivity index (χ3n) is 4.85. The first-order valence-corrected chi connectivity index (χ1v) is 8.02. The Morgan fingerprint density at radius 3 is 2.86 bits per heavy atom. The molecule has 0 radical (unpaired) electrons. The van der Waals surface area contributed by atoms with Crippen molar-refractivity contribution in [2.24, 2.45) is 7.05 Å². The van der Waals surface area contributed by atoms with Crippen molar-refractivity contribution in [3.05, 3.63) is 36.0 Å². The molecule has 0 aliphatic carbocycles. The summed E-state index contributed by atoms with van der Waals surface area (Å²) in [5.41, 5.74) is 2.46. The SMILES string of the molecule is Cn1nccc1Nc1ccc2c(c1)CCC1(CCNCC1)O2. The van der Waals surface area contributed by atoms with Crippen LogP contribution in [0.2, 0.25) is 0 Å². The number of ether oxygens (including phenoxy) is 1. The fraction of sp³-hybridized carbons (Fsp3) is 0.471. The standard InChI is InChI=1S/C17H22N4O/c1-21-16(5-9-19-21)20-14-2-3-15-13(12-14)4-6-17(22-15)7-10-18-11-8-17/h2-3,5,9,12,18,20H,4,6-8,10-11H2,1H3. The molecule has 1 spiro atoms. The van der Waals surface area contributed by atoms with Crippen LogP contribution in [0, 0.1) is 0 Å². The van der Waals surface area contributed by atoms with Crippen LogP contribution < -0.4 is 15.4 Å². The van der Waals surface area contributed by atoms with Gasteiger partial charge in [0.05, 0.1) is 6.20 Å². The lowest BCUT2D eigenvalue weighted by molar-refractivity contribution is 0.0170. The van der Waals surface area contributed by atoms with E-state index in [1.807, 2.05) is 17.8 Å². The number of nitrogens with zero attached hydrogens (tertiary/aromatic N) is 2. The molecule has 2 aromatic rings. The molecule has 1 aromatic heterocycles. The molecule has 5 nitrogen and oxygen atoms in total. The zero-order chi connectivity index (χ0) is 15.0. The lowest BCUT2D eigenvalue weighted by Crippen LogP contribution is -2.48. The molecule has 2 aliphatic heterocycles. The quantitative estimate of drug-likeness (QED) is 0.895. The molecule has 0 atom stereocenters. The topological polar surface area (TPSA) is 51.1 Å². The summed E-state index contributed by atoms with van der Waals surface area (Å²) in [7, 11) is 1.94. The number of benzene rings is 1. The van der Waals surface area contributed by atoms with E-state index in [2.05, 4.69) is 33.9 Å². The number of rotatable bonds is 2. The molecule has 2 N–H and O–H groups in total. The van der Waals surface area contributed by atoms with Crippen LogP contribution in [0.3, 0.4) is 0 Å². The maximum Gasteiger partial charge on any atom is 0.128 e. The molecule has 0 amide bonds. The molecular formula is C17H22N4O. The minimum atomic E-state index is 0.0647. The molecule has 0 saturated carbocycles. The number of aromatic nitrogens is 2. The van der Waals surface area contributed by atoms with E-state index in [0.29, 0.717) is 0 Å². The summed E-state index contributed by atoms with van der Waals surface area (Å²) in [6.07, 6.45) is 6.24. The summed E-state index contributed by atoms with van der Waals surface area (Å²) in [5.74, 6) is 2.05. The van der Waals surface area contributed by atoms with Crippen LogP contribution in [0.4, 0.5) is 11.5 Å². The van der Waals surface area contributed by atoms with Gasteiger partial charge in [0, 0.05) is 18.8 Å². The van der Waals surface area contributed by atoms with Gasteiger partial charge in [-0.3, -0.25) is 4.68 Å². The predicted molar refractivity (Wildman–Crippen MR) is 86.7 cm³/mol. The summed E-state index contributed by atoms with van der Waals surface area (Å²) >= 11 is 0. The number of anilines is 2. The van der Waals surface area contributed by atoms with Gasteiger partial charge in [0.2, 0.25) is 0 Å². The van der Waals surface area contributed by atoms with Gasteiger partial charge in [-0.1, -0.05) is 0 Å². The average Bonchev–Trinajstić information content (AvgIpc) is 2.94. The van der Waals surface area contributed by atoms with Crippen molar-refractivity contribution in [2.75, 3.05) is 18.4 Å². The second-order valence-electron chi connectivity index (χ2n) is 6.32. The molecule has 5 heteroatoms. The number of fused-ring (bicyclic) bond motifs is 1. The van der Waals surface area contributed by atoms with Crippen LogP contribution >= 0.6 is 0 Å². The van der Waals surface area contributed by atoms with E-state index >= 15 is 0 Å². The van der Waals surface area contributed by atoms with Crippen LogP contribution in [-0.4, -0.2) is 28.5 Å². The summed E-state index contributed by atoms with van der Waals surface area (Å²) < 4.78 is 8.22. The van der Waals surface area contributed by atoms with E-state index < -0.39 is 0 Å². The fourth-order valence-corrected chi connectivity index (χ4v) is 3.48. The molecule has 2 aliphatic rings. The van der Waals surface area contributed by atoms with Gasteiger partial charge >= 0.3 is 0 Å². The van der Waals surface area contributed by atoms with Gasteiger partial charge in [0.15, 0.2) is 0 Å². The number of aryl methyl sites for hydroxylation is 2. The fourth-order valence-electron chi connectivity index (χ4n) is 3.48. The Balaban J connectivity index is 1.54. The molecule has 1 aromatic carbocycles. The van der Waals surface area contributed by atoms with Crippen LogP contribution in [0.1, 0.15) is 24.8 Å². The number of hydrogen-bond donors (Lipinski definition) is 2. The Kier molecular flexibility index (Phi) is 3.30. The van der Waals surface area contributed by atoms with E-state index in [-0.39, 0.29) is 5.60 Å². The van der Waals surface area contributed by atoms with Crippen molar-refractivity contribution < 1.29 is 4.74 Å².